The fourth-order valence-electron chi connectivity index (χ4n) is 3.33. The number of hydrogen-bond acceptors (Lipinski definition) is 0. The molecule has 136 valence electrons. The predicted molar refractivity (Wildman–Crippen MR) is 108 cm³/mol. The van der Waals surface area contributed by atoms with E-state index in [1.165, 1.54) is 96.3 Å². The minimum Gasteiger partial charge on any atom is -0.103 e. The third-order valence-corrected chi connectivity index (χ3v) is 4.96. The molecule has 0 heteroatoms. The molecule has 0 amide bonds. The van der Waals surface area contributed by atoms with Crippen LogP contribution >= 0.6 is 0 Å². The lowest BCUT2D eigenvalue weighted by Gasteiger charge is -2.22. The molecule has 0 fully saturated rings. The molecule has 0 aliphatic heterocycles. The lowest BCUT2D eigenvalue weighted by atomic mass is 9.83. The first-order valence-corrected chi connectivity index (χ1v) is 10.3. The van der Waals surface area contributed by atoms with Gasteiger partial charge in [-0.1, -0.05) is 103 Å². The highest BCUT2D eigenvalue weighted by Gasteiger charge is 2.14. The standard InChI is InChI=1S/C23H44/c1-5-7-8-9-10-11-12-13-14-15-16-17-18-19-20-22-23(3,4)21-6-2/h5-6H,1-2,7-22H2,3-4H3. The van der Waals surface area contributed by atoms with Gasteiger partial charge in [-0.2, -0.15) is 0 Å². The monoisotopic (exact) mass is 320 g/mol. The summed E-state index contributed by atoms with van der Waals surface area (Å²) in [6.07, 6.45) is 26.4. The molecule has 0 unspecified atom stereocenters. The van der Waals surface area contributed by atoms with E-state index in [0.29, 0.717) is 5.41 Å². The molecule has 0 spiro atoms. The molecule has 0 saturated carbocycles. The molecule has 0 radical (unpaired) electrons. The highest BCUT2D eigenvalue weighted by Crippen LogP contribution is 2.28. The van der Waals surface area contributed by atoms with Crippen LogP contribution in [0.3, 0.4) is 0 Å². The smallest absolute Gasteiger partial charge is 0.0302 e. The average molecular weight is 321 g/mol. The van der Waals surface area contributed by atoms with Gasteiger partial charge in [0.25, 0.3) is 0 Å². The first-order valence-electron chi connectivity index (χ1n) is 10.3. The van der Waals surface area contributed by atoms with E-state index in [9.17, 15) is 0 Å². The Morgan fingerprint density at radius 1 is 0.565 bits per heavy atom. The molecular weight excluding hydrogens is 276 g/mol. The molecule has 0 saturated heterocycles. The van der Waals surface area contributed by atoms with Crippen LogP contribution in [-0.2, 0) is 0 Å². The average Bonchev–Trinajstić information content (AvgIpc) is 2.51. The number of allylic oxidation sites excluding steroid dienone is 2. The van der Waals surface area contributed by atoms with Crippen molar-refractivity contribution in [3.05, 3.63) is 25.3 Å². The van der Waals surface area contributed by atoms with Gasteiger partial charge in [0.2, 0.25) is 0 Å². The topological polar surface area (TPSA) is 0 Å². The highest BCUT2D eigenvalue weighted by atomic mass is 14.2. The third kappa shape index (κ3) is 17.7. The van der Waals surface area contributed by atoms with Crippen LogP contribution in [-0.4, -0.2) is 0 Å². The van der Waals surface area contributed by atoms with Crippen molar-refractivity contribution in [3.63, 3.8) is 0 Å². The summed E-state index contributed by atoms with van der Waals surface area (Å²) in [7, 11) is 0. The van der Waals surface area contributed by atoms with Gasteiger partial charge in [0, 0.05) is 0 Å². The summed E-state index contributed by atoms with van der Waals surface area (Å²) >= 11 is 0. The minimum absolute atomic E-state index is 0.466. The Hall–Kier alpha value is -0.520. The fraction of sp³-hybridized carbons (Fsp3) is 0.826. The molecule has 0 nitrogen and oxygen atoms in total. The maximum atomic E-state index is 3.86. The van der Waals surface area contributed by atoms with Gasteiger partial charge in [0.05, 0.1) is 0 Å². The Kier molecular flexibility index (Phi) is 16.0. The summed E-state index contributed by atoms with van der Waals surface area (Å²) < 4.78 is 0. The zero-order valence-corrected chi connectivity index (χ0v) is 16.4. The number of unbranched alkanes of at least 4 members (excludes halogenated alkanes) is 13. The van der Waals surface area contributed by atoms with Crippen LogP contribution in [0.4, 0.5) is 0 Å². The molecule has 0 bridgehead atoms. The molecule has 0 aliphatic rings. The van der Waals surface area contributed by atoms with E-state index < -0.39 is 0 Å². The van der Waals surface area contributed by atoms with Crippen molar-refractivity contribution >= 4 is 0 Å². The van der Waals surface area contributed by atoms with Crippen molar-refractivity contribution in [3.8, 4) is 0 Å². The molecule has 0 atom stereocenters. The fourth-order valence-corrected chi connectivity index (χ4v) is 3.33. The molecule has 0 N–H and O–H groups in total. The van der Waals surface area contributed by atoms with E-state index >= 15 is 0 Å². The lowest BCUT2D eigenvalue weighted by Crippen LogP contribution is -2.09. The molecule has 0 aromatic carbocycles. The Balaban J connectivity index is 3.13. The molecular formula is C23H44. The normalized spacial score (nSPS) is 11.6. The summed E-state index contributed by atoms with van der Waals surface area (Å²) in [6, 6.07) is 0. The van der Waals surface area contributed by atoms with E-state index in [-0.39, 0.29) is 0 Å². The maximum absolute atomic E-state index is 3.86. The lowest BCUT2D eigenvalue weighted by molar-refractivity contribution is 0.323. The van der Waals surface area contributed by atoms with Crippen molar-refractivity contribution in [2.75, 3.05) is 0 Å². The zero-order valence-electron chi connectivity index (χ0n) is 16.4. The number of hydrogen-bond donors (Lipinski definition) is 0. The molecule has 0 aliphatic carbocycles. The van der Waals surface area contributed by atoms with Gasteiger partial charge in [0.1, 0.15) is 0 Å². The van der Waals surface area contributed by atoms with Crippen LogP contribution in [0.25, 0.3) is 0 Å². The van der Waals surface area contributed by atoms with E-state index in [1.54, 1.807) is 0 Å². The maximum Gasteiger partial charge on any atom is -0.0302 e. The summed E-state index contributed by atoms with van der Waals surface area (Å²) in [4.78, 5) is 0. The predicted octanol–water partition coefficient (Wildman–Crippen LogP) is 8.63. The van der Waals surface area contributed by atoms with Gasteiger partial charge in [-0.25, -0.2) is 0 Å². The van der Waals surface area contributed by atoms with E-state index in [4.69, 9.17) is 0 Å². The van der Waals surface area contributed by atoms with Gasteiger partial charge in [-0.05, 0) is 31.1 Å². The van der Waals surface area contributed by atoms with Gasteiger partial charge in [0.15, 0.2) is 0 Å². The van der Waals surface area contributed by atoms with E-state index in [0.717, 1.165) is 6.42 Å². The van der Waals surface area contributed by atoms with Crippen molar-refractivity contribution in [2.45, 2.75) is 117 Å². The molecule has 0 aromatic rings. The first-order chi connectivity index (χ1) is 11.1. The highest BCUT2D eigenvalue weighted by molar-refractivity contribution is 4.79. The van der Waals surface area contributed by atoms with Crippen LogP contribution < -0.4 is 0 Å². The van der Waals surface area contributed by atoms with Gasteiger partial charge in [-0.15, -0.1) is 13.2 Å². The van der Waals surface area contributed by atoms with E-state index in [1.807, 2.05) is 6.08 Å². The quantitative estimate of drug-likeness (QED) is 0.175. The van der Waals surface area contributed by atoms with Gasteiger partial charge >= 0.3 is 0 Å². The second-order valence-corrected chi connectivity index (χ2v) is 8.08. The van der Waals surface area contributed by atoms with Crippen LogP contribution in [0.15, 0.2) is 25.3 Å². The molecule has 0 aromatic heterocycles. The van der Waals surface area contributed by atoms with Crippen LogP contribution in [0.2, 0.25) is 0 Å². The van der Waals surface area contributed by atoms with Crippen molar-refractivity contribution in [1.82, 2.24) is 0 Å². The second kappa shape index (κ2) is 16.3. The van der Waals surface area contributed by atoms with Crippen LogP contribution in [0, 0.1) is 5.41 Å². The molecule has 0 heterocycles. The Morgan fingerprint density at radius 3 is 1.35 bits per heavy atom. The van der Waals surface area contributed by atoms with Crippen LogP contribution in [0.1, 0.15) is 117 Å². The molecule has 0 rings (SSSR count). The van der Waals surface area contributed by atoms with Gasteiger partial charge < -0.3 is 0 Å². The van der Waals surface area contributed by atoms with Crippen molar-refractivity contribution in [2.24, 2.45) is 5.41 Å². The summed E-state index contributed by atoms with van der Waals surface area (Å²) in [6.45, 7) is 12.4. The zero-order chi connectivity index (χ0) is 17.2. The van der Waals surface area contributed by atoms with Crippen molar-refractivity contribution < 1.29 is 0 Å². The first kappa shape index (κ1) is 22.5. The van der Waals surface area contributed by atoms with Crippen LogP contribution in [0.5, 0.6) is 0 Å². The SMILES string of the molecule is C=CCCCCCCCCCCCCCCCC(C)(C)CC=C. The summed E-state index contributed by atoms with van der Waals surface area (Å²) in [5.41, 5.74) is 0.466. The Morgan fingerprint density at radius 2 is 0.957 bits per heavy atom. The minimum atomic E-state index is 0.466. The van der Waals surface area contributed by atoms with Crippen molar-refractivity contribution in [1.29, 1.82) is 0 Å². The molecule has 23 heavy (non-hydrogen) atoms. The Labute approximate surface area is 147 Å². The second-order valence-electron chi connectivity index (χ2n) is 8.08. The Bertz CT molecular complexity index is 261. The largest absolute Gasteiger partial charge is 0.103 e. The summed E-state index contributed by atoms with van der Waals surface area (Å²) in [5, 5.41) is 0. The summed E-state index contributed by atoms with van der Waals surface area (Å²) in [5.74, 6) is 0. The van der Waals surface area contributed by atoms with Gasteiger partial charge in [-0.3, -0.25) is 0 Å². The number of rotatable bonds is 18. The third-order valence-electron chi connectivity index (χ3n) is 4.96. The van der Waals surface area contributed by atoms with E-state index in [2.05, 4.69) is 33.1 Å².